The van der Waals surface area contributed by atoms with Gasteiger partial charge in [0, 0.05) is 6.61 Å². The molecular weight excluding hydrogens is 270 g/mol. The first-order valence-corrected chi connectivity index (χ1v) is 10.2. The smallest absolute Gasteiger partial charge is 0.0431 e. The molecule has 0 atom stereocenters. The molecule has 22 heavy (non-hydrogen) atoms. The second-order valence-corrected chi connectivity index (χ2v) is 6.78. The van der Waals surface area contributed by atoms with Crippen LogP contribution >= 0.6 is 0 Å². The van der Waals surface area contributed by atoms with Crippen molar-refractivity contribution in [1.29, 1.82) is 0 Å². The SMILES string of the molecule is CCCCCCNCCCCCCCCCCCCCCO. The van der Waals surface area contributed by atoms with E-state index in [1.54, 1.807) is 0 Å². The zero-order valence-corrected chi connectivity index (χ0v) is 15.4. The number of hydrogen-bond donors (Lipinski definition) is 2. The second kappa shape index (κ2) is 20.9. The zero-order chi connectivity index (χ0) is 16.1. The lowest BCUT2D eigenvalue weighted by molar-refractivity contribution is 0.282. The van der Waals surface area contributed by atoms with Gasteiger partial charge in [-0.2, -0.15) is 0 Å². The Morgan fingerprint density at radius 1 is 0.500 bits per heavy atom. The number of nitrogens with one attached hydrogen (secondary N) is 1. The fourth-order valence-corrected chi connectivity index (χ4v) is 2.93. The van der Waals surface area contributed by atoms with Crippen LogP contribution in [0, 0.1) is 0 Å². The van der Waals surface area contributed by atoms with Crippen molar-refractivity contribution in [3.05, 3.63) is 0 Å². The summed E-state index contributed by atoms with van der Waals surface area (Å²) in [6.45, 7) is 5.08. The third-order valence-electron chi connectivity index (χ3n) is 4.47. The Kier molecular flexibility index (Phi) is 20.8. The average Bonchev–Trinajstić information content (AvgIpc) is 2.54. The van der Waals surface area contributed by atoms with E-state index in [1.165, 1.54) is 109 Å². The van der Waals surface area contributed by atoms with Gasteiger partial charge in [-0.3, -0.25) is 0 Å². The molecule has 0 aromatic heterocycles. The first-order chi connectivity index (χ1) is 10.9. The van der Waals surface area contributed by atoms with Gasteiger partial charge in [-0.1, -0.05) is 90.4 Å². The number of aliphatic hydroxyl groups excluding tert-OH is 1. The van der Waals surface area contributed by atoms with Crippen molar-refractivity contribution < 1.29 is 5.11 Å². The quantitative estimate of drug-likeness (QED) is 0.294. The largest absolute Gasteiger partial charge is 0.396 e. The molecule has 0 radical (unpaired) electrons. The standard InChI is InChI=1S/C20H43NO/c1-2-3-4-15-18-21-19-16-13-11-9-7-5-6-8-10-12-14-17-20-22/h21-22H,2-20H2,1H3. The molecule has 2 nitrogen and oxygen atoms in total. The first-order valence-electron chi connectivity index (χ1n) is 10.2. The van der Waals surface area contributed by atoms with E-state index in [1.807, 2.05) is 0 Å². The van der Waals surface area contributed by atoms with E-state index in [-0.39, 0.29) is 0 Å². The van der Waals surface area contributed by atoms with E-state index >= 15 is 0 Å². The van der Waals surface area contributed by atoms with Crippen molar-refractivity contribution in [3.8, 4) is 0 Å². The molecule has 0 saturated carbocycles. The van der Waals surface area contributed by atoms with Gasteiger partial charge >= 0.3 is 0 Å². The molecule has 2 heteroatoms. The highest BCUT2D eigenvalue weighted by Gasteiger charge is 1.94. The second-order valence-electron chi connectivity index (χ2n) is 6.78. The highest BCUT2D eigenvalue weighted by atomic mass is 16.2. The molecule has 0 aliphatic carbocycles. The molecule has 0 saturated heterocycles. The van der Waals surface area contributed by atoms with Gasteiger partial charge in [0.15, 0.2) is 0 Å². The molecule has 0 fully saturated rings. The molecule has 2 N–H and O–H groups in total. The summed E-state index contributed by atoms with van der Waals surface area (Å²) in [4.78, 5) is 0. The van der Waals surface area contributed by atoms with Crippen molar-refractivity contribution in [2.45, 2.75) is 110 Å². The third kappa shape index (κ3) is 19.9. The van der Waals surface area contributed by atoms with Gasteiger partial charge in [-0.05, 0) is 32.4 Å². The van der Waals surface area contributed by atoms with Crippen LogP contribution in [0.25, 0.3) is 0 Å². The summed E-state index contributed by atoms with van der Waals surface area (Å²) < 4.78 is 0. The Morgan fingerprint density at radius 3 is 1.27 bits per heavy atom. The molecular formula is C20H43NO. The Bertz CT molecular complexity index is 165. The molecule has 0 heterocycles. The normalized spacial score (nSPS) is 11.2. The van der Waals surface area contributed by atoms with Crippen LogP contribution in [-0.2, 0) is 0 Å². The zero-order valence-electron chi connectivity index (χ0n) is 15.4. The molecule has 0 spiro atoms. The summed E-state index contributed by atoms with van der Waals surface area (Å²) >= 11 is 0. The topological polar surface area (TPSA) is 32.3 Å². The number of unbranched alkanes of at least 4 members (excludes halogenated alkanes) is 14. The Morgan fingerprint density at radius 2 is 0.864 bits per heavy atom. The average molecular weight is 314 g/mol. The van der Waals surface area contributed by atoms with Crippen molar-refractivity contribution >= 4 is 0 Å². The maximum atomic E-state index is 8.70. The van der Waals surface area contributed by atoms with Crippen LogP contribution in [-0.4, -0.2) is 24.8 Å². The van der Waals surface area contributed by atoms with Crippen LogP contribution in [0.1, 0.15) is 110 Å². The van der Waals surface area contributed by atoms with Crippen molar-refractivity contribution in [2.24, 2.45) is 0 Å². The van der Waals surface area contributed by atoms with Crippen LogP contribution < -0.4 is 5.32 Å². The highest BCUT2D eigenvalue weighted by molar-refractivity contribution is 4.52. The van der Waals surface area contributed by atoms with Gasteiger partial charge in [0.2, 0.25) is 0 Å². The van der Waals surface area contributed by atoms with Crippen LogP contribution in [0.3, 0.4) is 0 Å². The Hall–Kier alpha value is -0.0800. The van der Waals surface area contributed by atoms with E-state index in [9.17, 15) is 0 Å². The molecule has 0 amide bonds. The van der Waals surface area contributed by atoms with Gasteiger partial charge < -0.3 is 10.4 Å². The first kappa shape index (κ1) is 21.9. The van der Waals surface area contributed by atoms with Crippen LogP contribution in [0.5, 0.6) is 0 Å². The summed E-state index contributed by atoms with van der Waals surface area (Å²) in [7, 11) is 0. The predicted molar refractivity (Wildman–Crippen MR) is 99.5 cm³/mol. The summed E-state index contributed by atoms with van der Waals surface area (Å²) in [5, 5.41) is 12.3. The molecule has 0 unspecified atom stereocenters. The highest BCUT2D eigenvalue weighted by Crippen LogP contribution is 2.11. The minimum absolute atomic E-state index is 0.369. The van der Waals surface area contributed by atoms with Crippen LogP contribution in [0.4, 0.5) is 0 Å². The van der Waals surface area contributed by atoms with E-state index in [0.29, 0.717) is 6.61 Å². The Balaban J connectivity index is 2.91. The molecule has 0 aromatic rings. The predicted octanol–water partition coefficient (Wildman–Crippen LogP) is 5.83. The summed E-state index contributed by atoms with van der Waals surface area (Å²) in [6, 6.07) is 0. The lowest BCUT2D eigenvalue weighted by Gasteiger charge is -2.05. The summed E-state index contributed by atoms with van der Waals surface area (Å²) in [5.74, 6) is 0. The monoisotopic (exact) mass is 313 g/mol. The van der Waals surface area contributed by atoms with Crippen LogP contribution in [0.15, 0.2) is 0 Å². The number of aliphatic hydroxyl groups is 1. The maximum absolute atomic E-state index is 8.70. The third-order valence-corrected chi connectivity index (χ3v) is 4.47. The minimum Gasteiger partial charge on any atom is -0.396 e. The lowest BCUT2D eigenvalue weighted by atomic mass is 10.1. The van der Waals surface area contributed by atoms with E-state index in [0.717, 1.165) is 6.42 Å². The van der Waals surface area contributed by atoms with E-state index < -0.39 is 0 Å². The summed E-state index contributed by atoms with van der Waals surface area (Å²) in [6.07, 6.45) is 21.7. The molecule has 0 rings (SSSR count). The van der Waals surface area contributed by atoms with Gasteiger partial charge in [0.1, 0.15) is 0 Å². The van der Waals surface area contributed by atoms with Gasteiger partial charge in [-0.25, -0.2) is 0 Å². The molecule has 0 aliphatic heterocycles. The molecule has 0 bridgehead atoms. The molecule has 134 valence electrons. The van der Waals surface area contributed by atoms with Crippen molar-refractivity contribution in [1.82, 2.24) is 5.32 Å². The van der Waals surface area contributed by atoms with Gasteiger partial charge in [0.05, 0.1) is 0 Å². The fourth-order valence-electron chi connectivity index (χ4n) is 2.93. The van der Waals surface area contributed by atoms with E-state index in [2.05, 4.69) is 12.2 Å². The Labute approximate surface area is 140 Å². The van der Waals surface area contributed by atoms with Crippen molar-refractivity contribution in [3.63, 3.8) is 0 Å². The minimum atomic E-state index is 0.369. The van der Waals surface area contributed by atoms with Crippen molar-refractivity contribution in [2.75, 3.05) is 19.7 Å². The number of rotatable bonds is 19. The lowest BCUT2D eigenvalue weighted by Crippen LogP contribution is -2.16. The maximum Gasteiger partial charge on any atom is 0.0431 e. The van der Waals surface area contributed by atoms with Crippen LogP contribution in [0.2, 0.25) is 0 Å². The summed E-state index contributed by atoms with van der Waals surface area (Å²) in [5.41, 5.74) is 0. The molecule has 0 aromatic carbocycles. The van der Waals surface area contributed by atoms with Gasteiger partial charge in [0.25, 0.3) is 0 Å². The molecule has 0 aliphatic rings. The van der Waals surface area contributed by atoms with Gasteiger partial charge in [-0.15, -0.1) is 0 Å². The fraction of sp³-hybridized carbons (Fsp3) is 1.00. The number of hydrogen-bond acceptors (Lipinski definition) is 2. The van der Waals surface area contributed by atoms with E-state index in [4.69, 9.17) is 5.11 Å².